The van der Waals surface area contributed by atoms with E-state index in [2.05, 4.69) is 15.5 Å². The van der Waals surface area contributed by atoms with E-state index >= 15 is 0 Å². The topological polar surface area (TPSA) is 90.0 Å². The normalized spacial score (nSPS) is 10.8. The first kappa shape index (κ1) is 20.3. The molecule has 0 aliphatic rings. The van der Waals surface area contributed by atoms with Crippen molar-refractivity contribution in [1.29, 1.82) is 0 Å². The number of benzene rings is 2. The molecular formula is C24H22N4O3. The molecular weight excluding hydrogens is 392 g/mol. The van der Waals surface area contributed by atoms with Gasteiger partial charge in [-0.25, -0.2) is 0 Å². The zero-order chi connectivity index (χ0) is 22.0. The molecule has 7 nitrogen and oxygen atoms in total. The van der Waals surface area contributed by atoms with E-state index in [0.29, 0.717) is 11.4 Å². The minimum atomic E-state index is -0.293. The zero-order valence-corrected chi connectivity index (χ0v) is 17.5. The summed E-state index contributed by atoms with van der Waals surface area (Å²) in [7, 11) is 0. The lowest BCUT2D eigenvalue weighted by molar-refractivity contribution is -0.116. The summed E-state index contributed by atoms with van der Waals surface area (Å²) in [5.74, 6) is 0.447. The van der Waals surface area contributed by atoms with E-state index in [0.717, 1.165) is 27.9 Å². The lowest BCUT2D eigenvalue weighted by Crippen LogP contribution is -2.27. The predicted octanol–water partition coefficient (Wildman–Crippen LogP) is 4.13. The molecule has 2 heterocycles. The molecule has 2 aromatic carbocycles. The number of amides is 1. The maximum atomic E-state index is 12.5. The lowest BCUT2D eigenvalue weighted by Gasteiger charge is -2.11. The third kappa shape index (κ3) is 4.61. The summed E-state index contributed by atoms with van der Waals surface area (Å²) in [6.07, 6.45) is 1.55. The molecule has 156 valence electrons. The van der Waals surface area contributed by atoms with Gasteiger partial charge in [0.15, 0.2) is 0 Å². The van der Waals surface area contributed by atoms with Crippen molar-refractivity contribution in [2.75, 3.05) is 5.32 Å². The number of hydrogen-bond acceptors (Lipinski definition) is 5. The van der Waals surface area contributed by atoms with Gasteiger partial charge in [-0.3, -0.25) is 9.59 Å². The van der Waals surface area contributed by atoms with Crippen LogP contribution in [-0.4, -0.2) is 20.6 Å². The third-order valence-electron chi connectivity index (χ3n) is 4.91. The molecule has 0 bridgehead atoms. The molecule has 0 saturated carbocycles. The van der Waals surface area contributed by atoms with E-state index in [4.69, 9.17) is 4.52 Å². The highest BCUT2D eigenvalue weighted by Gasteiger charge is 2.13. The van der Waals surface area contributed by atoms with Gasteiger partial charge in [-0.05, 0) is 50.1 Å². The zero-order valence-electron chi connectivity index (χ0n) is 17.5. The molecule has 0 spiro atoms. The van der Waals surface area contributed by atoms with E-state index < -0.39 is 0 Å². The summed E-state index contributed by atoms with van der Waals surface area (Å²) >= 11 is 0. The number of nitrogens with one attached hydrogen (secondary N) is 1. The minimum Gasteiger partial charge on any atom is -0.334 e. The van der Waals surface area contributed by atoms with Crippen molar-refractivity contribution >= 4 is 11.6 Å². The number of rotatable bonds is 5. The van der Waals surface area contributed by atoms with Crippen molar-refractivity contribution in [2.45, 2.75) is 27.3 Å². The third-order valence-corrected chi connectivity index (χ3v) is 4.91. The van der Waals surface area contributed by atoms with Gasteiger partial charge in [-0.1, -0.05) is 41.1 Å². The Kier molecular flexibility index (Phi) is 5.49. The van der Waals surface area contributed by atoms with Crippen molar-refractivity contribution in [2.24, 2.45) is 0 Å². The Labute approximate surface area is 179 Å². The number of anilines is 1. The van der Waals surface area contributed by atoms with Crippen molar-refractivity contribution in [3.05, 3.63) is 87.8 Å². The Balaban J connectivity index is 1.56. The fourth-order valence-electron chi connectivity index (χ4n) is 3.24. The maximum Gasteiger partial charge on any atom is 0.259 e. The molecule has 1 amide bonds. The second-order valence-electron chi connectivity index (χ2n) is 7.54. The van der Waals surface area contributed by atoms with Gasteiger partial charge in [0.25, 0.3) is 11.4 Å². The van der Waals surface area contributed by atoms with Crippen LogP contribution in [0.3, 0.4) is 0 Å². The number of hydrogen-bond donors (Lipinski definition) is 1. The summed E-state index contributed by atoms with van der Waals surface area (Å²) in [5.41, 5.74) is 4.93. The van der Waals surface area contributed by atoms with Crippen LogP contribution in [-0.2, 0) is 11.3 Å². The van der Waals surface area contributed by atoms with Crippen LogP contribution in [0.2, 0.25) is 0 Å². The second-order valence-corrected chi connectivity index (χ2v) is 7.54. The molecule has 31 heavy (non-hydrogen) atoms. The largest absolute Gasteiger partial charge is 0.334 e. The number of aryl methyl sites for hydroxylation is 3. The highest BCUT2D eigenvalue weighted by molar-refractivity contribution is 5.91. The molecule has 1 N–H and O–H groups in total. The van der Waals surface area contributed by atoms with Gasteiger partial charge in [-0.2, -0.15) is 4.98 Å². The molecule has 4 aromatic rings. The quantitative estimate of drug-likeness (QED) is 0.530. The molecule has 0 aliphatic heterocycles. The Morgan fingerprint density at radius 2 is 1.81 bits per heavy atom. The molecule has 0 atom stereocenters. The van der Waals surface area contributed by atoms with Crippen molar-refractivity contribution in [1.82, 2.24) is 14.7 Å². The lowest BCUT2D eigenvalue weighted by atomic mass is 10.1. The molecule has 0 aliphatic carbocycles. The van der Waals surface area contributed by atoms with Crippen molar-refractivity contribution in [3.8, 4) is 22.8 Å². The molecule has 7 heteroatoms. The summed E-state index contributed by atoms with van der Waals surface area (Å²) in [6, 6.07) is 16.6. The Bertz CT molecular complexity index is 1320. The highest BCUT2D eigenvalue weighted by Crippen LogP contribution is 2.22. The van der Waals surface area contributed by atoms with Crippen molar-refractivity contribution in [3.63, 3.8) is 0 Å². The van der Waals surface area contributed by atoms with Crippen LogP contribution in [0.5, 0.6) is 0 Å². The van der Waals surface area contributed by atoms with Crippen molar-refractivity contribution < 1.29 is 9.32 Å². The summed E-state index contributed by atoms with van der Waals surface area (Å²) in [4.78, 5) is 29.3. The summed E-state index contributed by atoms with van der Waals surface area (Å²) in [5, 5.41) is 6.90. The summed E-state index contributed by atoms with van der Waals surface area (Å²) < 4.78 is 6.72. The van der Waals surface area contributed by atoms with E-state index in [1.165, 1.54) is 10.6 Å². The van der Waals surface area contributed by atoms with Crippen LogP contribution in [0.15, 0.2) is 70.1 Å². The smallest absolute Gasteiger partial charge is 0.259 e. The standard InChI is InChI=1S/C24H22N4O3/c1-15-5-4-6-18(11-15)23-26-24(31-27-23)19-9-10-22(30)28(13-19)14-21(29)25-20-12-16(2)7-8-17(20)3/h4-13H,14H2,1-3H3,(H,25,29). The van der Waals surface area contributed by atoms with Gasteiger partial charge < -0.3 is 14.4 Å². The highest BCUT2D eigenvalue weighted by atomic mass is 16.5. The molecule has 0 radical (unpaired) electrons. The average Bonchev–Trinajstić information content (AvgIpc) is 3.23. The van der Waals surface area contributed by atoms with E-state index in [-0.39, 0.29) is 23.9 Å². The number of pyridine rings is 1. The Morgan fingerprint density at radius 3 is 2.61 bits per heavy atom. The van der Waals surface area contributed by atoms with E-state index in [9.17, 15) is 9.59 Å². The molecule has 2 aromatic heterocycles. The fourth-order valence-corrected chi connectivity index (χ4v) is 3.24. The monoisotopic (exact) mass is 414 g/mol. The van der Waals surface area contributed by atoms with Crippen LogP contribution in [0, 0.1) is 20.8 Å². The van der Waals surface area contributed by atoms with Crippen LogP contribution < -0.4 is 10.9 Å². The first-order chi connectivity index (χ1) is 14.9. The number of carbonyl (C=O) groups is 1. The van der Waals surface area contributed by atoms with Gasteiger partial charge in [-0.15, -0.1) is 0 Å². The molecule has 4 rings (SSSR count). The fraction of sp³-hybridized carbons (Fsp3) is 0.167. The first-order valence-electron chi connectivity index (χ1n) is 9.88. The Morgan fingerprint density at radius 1 is 1.00 bits per heavy atom. The van der Waals surface area contributed by atoms with E-state index in [1.807, 2.05) is 63.2 Å². The van der Waals surface area contributed by atoms with Gasteiger partial charge in [0.1, 0.15) is 6.54 Å². The number of nitrogens with zero attached hydrogens (tertiary/aromatic N) is 3. The maximum absolute atomic E-state index is 12.5. The Hall–Kier alpha value is -4.00. The minimum absolute atomic E-state index is 0.126. The van der Waals surface area contributed by atoms with Gasteiger partial charge >= 0.3 is 0 Å². The first-order valence-corrected chi connectivity index (χ1v) is 9.88. The van der Waals surface area contributed by atoms with Gasteiger partial charge in [0.05, 0.1) is 5.56 Å². The van der Waals surface area contributed by atoms with Crippen LogP contribution in [0.4, 0.5) is 5.69 Å². The number of aromatic nitrogens is 3. The van der Waals surface area contributed by atoms with Crippen LogP contribution >= 0.6 is 0 Å². The van der Waals surface area contributed by atoms with Gasteiger partial charge in [0, 0.05) is 23.5 Å². The van der Waals surface area contributed by atoms with Crippen LogP contribution in [0.25, 0.3) is 22.8 Å². The van der Waals surface area contributed by atoms with Gasteiger partial charge in [0.2, 0.25) is 11.7 Å². The molecule has 0 fully saturated rings. The SMILES string of the molecule is Cc1cccc(-c2noc(-c3ccc(=O)n(CC(=O)Nc4cc(C)ccc4C)c3)n2)c1. The van der Waals surface area contributed by atoms with E-state index in [1.54, 1.807) is 12.3 Å². The summed E-state index contributed by atoms with van der Waals surface area (Å²) in [6.45, 7) is 5.74. The predicted molar refractivity (Wildman–Crippen MR) is 119 cm³/mol. The van der Waals surface area contributed by atoms with Crippen LogP contribution in [0.1, 0.15) is 16.7 Å². The molecule has 0 saturated heterocycles. The second kappa shape index (κ2) is 8.39. The average molecular weight is 414 g/mol. The molecule has 0 unspecified atom stereocenters. The number of carbonyl (C=O) groups excluding carboxylic acids is 1.